The zero-order valence-corrected chi connectivity index (χ0v) is 18.1. The predicted octanol–water partition coefficient (Wildman–Crippen LogP) is 4.26. The van der Waals surface area contributed by atoms with Crippen LogP contribution < -0.4 is 5.32 Å². The molecule has 0 unspecified atom stereocenters. The Kier molecular flexibility index (Phi) is 5.19. The maximum Gasteiger partial charge on any atom is 0.180 e. The number of anilines is 2. The van der Waals surface area contributed by atoms with Crippen molar-refractivity contribution in [2.45, 2.75) is 20.0 Å². The highest BCUT2D eigenvalue weighted by Crippen LogP contribution is 2.27. The van der Waals surface area contributed by atoms with Gasteiger partial charge in [-0.15, -0.1) is 0 Å². The van der Waals surface area contributed by atoms with E-state index in [2.05, 4.69) is 72.1 Å². The summed E-state index contributed by atoms with van der Waals surface area (Å²) in [6, 6.07) is 12.5. The molecule has 0 saturated heterocycles. The number of benzene rings is 1. The highest BCUT2D eigenvalue weighted by atomic mass is 32.1. The number of nitrogens with one attached hydrogen (secondary N) is 2. The van der Waals surface area contributed by atoms with Crippen molar-refractivity contribution in [3.63, 3.8) is 0 Å². The molecule has 8 nitrogen and oxygen atoms in total. The molecule has 9 heteroatoms. The van der Waals surface area contributed by atoms with E-state index in [-0.39, 0.29) is 0 Å². The van der Waals surface area contributed by atoms with Crippen LogP contribution in [0.3, 0.4) is 0 Å². The molecular formula is C22H22N8S. The minimum absolute atomic E-state index is 0.711. The monoisotopic (exact) mass is 430 g/mol. The van der Waals surface area contributed by atoms with Gasteiger partial charge in [-0.05, 0) is 37.1 Å². The lowest BCUT2D eigenvalue weighted by molar-refractivity contribution is 0.316. The van der Waals surface area contributed by atoms with Gasteiger partial charge in [0.25, 0.3) is 0 Å². The number of aromatic nitrogens is 6. The van der Waals surface area contributed by atoms with Crippen LogP contribution in [0.15, 0.2) is 61.2 Å². The van der Waals surface area contributed by atoms with Gasteiger partial charge in [-0.2, -0.15) is 9.47 Å². The first kappa shape index (κ1) is 19.4. The summed E-state index contributed by atoms with van der Waals surface area (Å²) < 4.78 is 6.65. The van der Waals surface area contributed by atoms with Gasteiger partial charge in [0.05, 0.1) is 29.5 Å². The second-order valence-electron chi connectivity index (χ2n) is 7.52. The average Bonchev–Trinajstić information content (AvgIpc) is 3.49. The first-order chi connectivity index (χ1) is 15.2. The zero-order valence-electron chi connectivity index (χ0n) is 17.3. The predicted molar refractivity (Wildman–Crippen MR) is 122 cm³/mol. The largest absolute Gasteiger partial charge is 0.328 e. The molecule has 4 aromatic heterocycles. The average molecular weight is 431 g/mol. The van der Waals surface area contributed by atoms with E-state index in [1.807, 2.05) is 36.0 Å². The number of H-pyrrole nitrogens is 1. The summed E-state index contributed by atoms with van der Waals surface area (Å²) in [5.41, 5.74) is 5.91. The van der Waals surface area contributed by atoms with Crippen molar-refractivity contribution in [1.82, 2.24) is 33.8 Å². The number of rotatable bonds is 7. The molecule has 0 aliphatic carbocycles. The van der Waals surface area contributed by atoms with Gasteiger partial charge in [0.15, 0.2) is 11.5 Å². The SMILES string of the molecule is Cc1cn2c(-c3cn[nH]c3)cnc2c(Nc2cc(CN(C)Cc3ccccc3)ns2)n1. The van der Waals surface area contributed by atoms with Crippen LogP contribution in [0.4, 0.5) is 10.8 Å². The minimum atomic E-state index is 0.711. The molecule has 0 saturated carbocycles. The van der Waals surface area contributed by atoms with Gasteiger partial charge in [-0.1, -0.05) is 30.3 Å². The summed E-state index contributed by atoms with van der Waals surface area (Å²) in [6.07, 6.45) is 7.46. The molecule has 1 aromatic carbocycles. The van der Waals surface area contributed by atoms with Crippen LogP contribution in [-0.4, -0.2) is 40.9 Å². The summed E-state index contributed by atoms with van der Waals surface area (Å²) >= 11 is 1.43. The molecule has 0 aliphatic rings. The van der Waals surface area contributed by atoms with Crippen molar-refractivity contribution in [2.24, 2.45) is 0 Å². The van der Waals surface area contributed by atoms with Crippen molar-refractivity contribution in [2.75, 3.05) is 12.4 Å². The Morgan fingerprint density at radius 3 is 2.84 bits per heavy atom. The molecule has 31 heavy (non-hydrogen) atoms. The van der Waals surface area contributed by atoms with Gasteiger partial charge in [0, 0.05) is 31.0 Å². The molecule has 156 valence electrons. The van der Waals surface area contributed by atoms with Crippen molar-refractivity contribution in [1.29, 1.82) is 0 Å². The molecule has 0 fully saturated rings. The van der Waals surface area contributed by atoms with E-state index in [9.17, 15) is 0 Å². The van der Waals surface area contributed by atoms with Crippen LogP contribution in [0.5, 0.6) is 0 Å². The van der Waals surface area contributed by atoms with Crippen LogP contribution >= 0.6 is 11.5 Å². The van der Waals surface area contributed by atoms with Crippen molar-refractivity contribution in [3.05, 3.63) is 78.1 Å². The van der Waals surface area contributed by atoms with Crippen molar-refractivity contribution < 1.29 is 0 Å². The number of imidazole rings is 1. The molecule has 5 rings (SSSR count). The van der Waals surface area contributed by atoms with E-state index in [1.54, 1.807) is 6.20 Å². The lowest BCUT2D eigenvalue weighted by atomic mass is 10.2. The number of fused-ring (bicyclic) bond motifs is 1. The third-order valence-electron chi connectivity index (χ3n) is 4.93. The number of hydrogen-bond acceptors (Lipinski definition) is 7. The van der Waals surface area contributed by atoms with E-state index < -0.39 is 0 Å². The summed E-state index contributed by atoms with van der Waals surface area (Å²) in [7, 11) is 2.10. The number of hydrogen-bond donors (Lipinski definition) is 2. The molecule has 0 bridgehead atoms. The van der Waals surface area contributed by atoms with E-state index >= 15 is 0 Å². The molecule has 4 heterocycles. The van der Waals surface area contributed by atoms with Crippen molar-refractivity contribution >= 4 is 28.0 Å². The Bertz CT molecular complexity index is 1290. The van der Waals surface area contributed by atoms with Crippen molar-refractivity contribution in [3.8, 4) is 11.3 Å². The number of aromatic amines is 1. The molecule has 2 N–H and O–H groups in total. The molecule has 0 radical (unpaired) electrons. The molecule has 0 atom stereocenters. The zero-order chi connectivity index (χ0) is 21.2. The topological polar surface area (TPSA) is 87.0 Å². The minimum Gasteiger partial charge on any atom is -0.328 e. The third kappa shape index (κ3) is 4.18. The maximum absolute atomic E-state index is 4.67. The van der Waals surface area contributed by atoms with Gasteiger partial charge in [0.2, 0.25) is 0 Å². The van der Waals surface area contributed by atoms with E-state index in [0.29, 0.717) is 5.82 Å². The lowest BCUT2D eigenvalue weighted by Gasteiger charge is -2.15. The smallest absolute Gasteiger partial charge is 0.180 e. The second kappa shape index (κ2) is 8.29. The van der Waals surface area contributed by atoms with Crippen LogP contribution in [0.1, 0.15) is 17.0 Å². The Morgan fingerprint density at radius 2 is 2.03 bits per heavy atom. The third-order valence-corrected chi connectivity index (χ3v) is 5.68. The van der Waals surface area contributed by atoms with E-state index in [0.717, 1.165) is 46.4 Å². The molecule has 0 spiro atoms. The molecule has 5 aromatic rings. The normalized spacial score (nSPS) is 11.5. The van der Waals surface area contributed by atoms with Gasteiger partial charge in [0.1, 0.15) is 5.00 Å². The van der Waals surface area contributed by atoms with Crippen LogP contribution in [-0.2, 0) is 13.1 Å². The Hall–Kier alpha value is -3.56. The van der Waals surface area contributed by atoms with Gasteiger partial charge >= 0.3 is 0 Å². The second-order valence-corrected chi connectivity index (χ2v) is 8.33. The molecular weight excluding hydrogens is 408 g/mol. The summed E-state index contributed by atoms with van der Waals surface area (Å²) in [6.45, 7) is 3.63. The number of nitrogens with zero attached hydrogens (tertiary/aromatic N) is 6. The standard InChI is InChI=1S/C22H22N8S/c1-15-12-30-19(17-9-24-25-10-17)11-23-22(30)21(26-15)27-20-8-18(28-31-20)14-29(2)13-16-6-4-3-5-7-16/h3-12H,13-14H2,1-2H3,(H,24,25)(H,26,27). The Morgan fingerprint density at radius 1 is 1.16 bits per heavy atom. The number of aryl methyl sites for hydroxylation is 1. The highest BCUT2D eigenvalue weighted by Gasteiger charge is 2.14. The maximum atomic E-state index is 4.67. The van der Waals surface area contributed by atoms with Gasteiger partial charge in [-0.3, -0.25) is 14.4 Å². The summed E-state index contributed by atoms with van der Waals surface area (Å²) in [4.78, 5) is 11.5. The van der Waals surface area contributed by atoms with Crippen LogP contribution in [0, 0.1) is 6.92 Å². The Balaban J connectivity index is 1.34. The Labute approximate surface area is 183 Å². The first-order valence-electron chi connectivity index (χ1n) is 9.94. The fraction of sp³-hybridized carbons (Fsp3) is 0.182. The van der Waals surface area contributed by atoms with E-state index in [1.165, 1.54) is 17.1 Å². The quantitative estimate of drug-likeness (QED) is 0.401. The van der Waals surface area contributed by atoms with E-state index in [4.69, 9.17) is 0 Å². The van der Waals surface area contributed by atoms with Crippen LogP contribution in [0.2, 0.25) is 0 Å². The molecule has 0 aliphatic heterocycles. The first-order valence-corrected chi connectivity index (χ1v) is 10.7. The highest BCUT2D eigenvalue weighted by molar-refractivity contribution is 7.10. The summed E-state index contributed by atoms with van der Waals surface area (Å²) in [5.74, 6) is 0.711. The molecule has 0 amide bonds. The van der Waals surface area contributed by atoms with Gasteiger partial charge < -0.3 is 5.32 Å². The fourth-order valence-electron chi connectivity index (χ4n) is 3.59. The van der Waals surface area contributed by atoms with Gasteiger partial charge in [-0.25, -0.2) is 9.97 Å². The summed E-state index contributed by atoms with van der Waals surface area (Å²) in [5, 5.41) is 11.2. The fourth-order valence-corrected chi connectivity index (χ4v) is 4.24. The van der Waals surface area contributed by atoms with Crippen LogP contribution in [0.25, 0.3) is 16.9 Å². The lowest BCUT2D eigenvalue weighted by Crippen LogP contribution is -2.17.